The Kier molecular flexibility index (Phi) is 8.08. The molecule has 2 rings (SSSR count). The summed E-state index contributed by atoms with van der Waals surface area (Å²) in [6.07, 6.45) is 1.05. The van der Waals surface area contributed by atoms with Crippen LogP contribution in [-0.2, 0) is 26.2 Å². The minimum atomic E-state index is -3.75. The molecular weight excluding hydrogens is 438 g/mol. The summed E-state index contributed by atoms with van der Waals surface area (Å²) in [7, 11) is -2.27. The normalized spacial score (nSPS) is 12.2. The monoisotopic (exact) mass is 465 g/mol. The molecule has 31 heavy (non-hydrogen) atoms. The van der Waals surface area contributed by atoms with Crippen molar-refractivity contribution in [3.63, 3.8) is 0 Å². The van der Waals surface area contributed by atoms with Gasteiger partial charge < -0.3 is 10.2 Å². The van der Waals surface area contributed by atoms with Crippen LogP contribution in [-0.4, -0.2) is 51.0 Å². The first-order valence-electron chi connectivity index (χ1n) is 9.74. The van der Waals surface area contributed by atoms with Crippen molar-refractivity contribution in [3.8, 4) is 0 Å². The molecule has 168 valence electrons. The molecule has 0 radical (unpaired) electrons. The molecule has 0 spiro atoms. The fourth-order valence-corrected chi connectivity index (χ4v) is 4.34. The van der Waals surface area contributed by atoms with Gasteiger partial charge in [0.2, 0.25) is 21.8 Å². The first-order valence-corrected chi connectivity index (χ1v) is 12.0. The van der Waals surface area contributed by atoms with Crippen molar-refractivity contribution in [3.05, 3.63) is 64.2 Å². The average Bonchev–Trinajstić information content (AvgIpc) is 2.68. The third kappa shape index (κ3) is 6.45. The van der Waals surface area contributed by atoms with Crippen molar-refractivity contribution in [2.24, 2.45) is 0 Å². The van der Waals surface area contributed by atoms with E-state index in [1.54, 1.807) is 43.3 Å². The number of rotatable bonds is 8. The van der Waals surface area contributed by atoms with Crippen molar-refractivity contribution >= 4 is 39.1 Å². The van der Waals surface area contributed by atoms with Gasteiger partial charge in [-0.05, 0) is 55.7 Å². The van der Waals surface area contributed by atoms with Crippen LogP contribution in [0.5, 0.6) is 0 Å². The van der Waals surface area contributed by atoms with Gasteiger partial charge in [0, 0.05) is 18.6 Å². The molecule has 0 heterocycles. The lowest BCUT2D eigenvalue weighted by Gasteiger charge is -2.31. The summed E-state index contributed by atoms with van der Waals surface area (Å²) < 4.78 is 26.1. The zero-order chi connectivity index (χ0) is 23.3. The van der Waals surface area contributed by atoms with E-state index in [0.717, 1.165) is 21.7 Å². The Bertz CT molecular complexity index is 1050. The molecule has 0 aromatic heterocycles. The van der Waals surface area contributed by atoms with Gasteiger partial charge in [-0.15, -0.1) is 0 Å². The van der Waals surface area contributed by atoms with E-state index in [0.29, 0.717) is 16.3 Å². The molecule has 1 N–H and O–H groups in total. The molecule has 0 unspecified atom stereocenters. The Labute approximate surface area is 189 Å². The maximum absolute atomic E-state index is 13.3. The van der Waals surface area contributed by atoms with Crippen molar-refractivity contribution < 1.29 is 18.0 Å². The van der Waals surface area contributed by atoms with E-state index < -0.39 is 28.5 Å². The lowest BCUT2D eigenvalue weighted by molar-refractivity contribution is -0.139. The van der Waals surface area contributed by atoms with Gasteiger partial charge in [-0.25, -0.2) is 8.42 Å². The number of carbonyl (C=O) groups excluding carboxylic acids is 2. The predicted octanol–water partition coefficient (Wildman–Crippen LogP) is 2.89. The standard InChI is InChI=1S/C22H28ClN3O4S/c1-15-10-16(2)12-19(11-15)26(31(5,29)30)14-21(27)25(17(3)22(28)24-4)13-18-8-6-7-9-20(18)23/h6-12,17H,13-14H2,1-5H3,(H,24,28)/t17-/m0/s1. The zero-order valence-electron chi connectivity index (χ0n) is 18.3. The second-order valence-corrected chi connectivity index (χ2v) is 9.83. The Morgan fingerprint density at radius 3 is 2.19 bits per heavy atom. The van der Waals surface area contributed by atoms with E-state index in [1.807, 2.05) is 19.9 Å². The van der Waals surface area contributed by atoms with Crippen LogP contribution in [0.1, 0.15) is 23.6 Å². The van der Waals surface area contributed by atoms with Gasteiger partial charge >= 0.3 is 0 Å². The maximum atomic E-state index is 13.3. The van der Waals surface area contributed by atoms with Gasteiger partial charge in [-0.2, -0.15) is 0 Å². The highest BCUT2D eigenvalue weighted by molar-refractivity contribution is 7.92. The molecule has 7 nitrogen and oxygen atoms in total. The molecule has 0 bridgehead atoms. The zero-order valence-corrected chi connectivity index (χ0v) is 19.9. The molecule has 2 aromatic rings. The number of aryl methyl sites for hydroxylation is 2. The van der Waals surface area contributed by atoms with Crippen LogP contribution in [0, 0.1) is 13.8 Å². The Morgan fingerprint density at radius 1 is 1.10 bits per heavy atom. The molecule has 2 aromatic carbocycles. The summed E-state index contributed by atoms with van der Waals surface area (Å²) in [5.41, 5.74) is 2.81. The van der Waals surface area contributed by atoms with Crippen LogP contribution in [0.4, 0.5) is 5.69 Å². The number of likely N-dealkylation sites (N-methyl/N-ethyl adjacent to an activating group) is 1. The van der Waals surface area contributed by atoms with E-state index in [2.05, 4.69) is 5.32 Å². The number of nitrogens with zero attached hydrogens (tertiary/aromatic N) is 2. The molecule has 0 aliphatic heterocycles. The summed E-state index contributed by atoms with van der Waals surface area (Å²) in [6.45, 7) is 4.94. The first-order chi connectivity index (χ1) is 14.4. The SMILES string of the molecule is CNC(=O)[C@H](C)N(Cc1ccccc1Cl)C(=O)CN(c1cc(C)cc(C)c1)S(C)(=O)=O. The summed E-state index contributed by atoms with van der Waals surface area (Å²) in [5, 5.41) is 2.99. The van der Waals surface area contributed by atoms with Gasteiger partial charge in [0.15, 0.2) is 0 Å². The summed E-state index contributed by atoms with van der Waals surface area (Å²) in [5.74, 6) is -0.877. The fraction of sp³-hybridized carbons (Fsp3) is 0.364. The average molecular weight is 466 g/mol. The highest BCUT2D eigenvalue weighted by Crippen LogP contribution is 2.23. The minimum Gasteiger partial charge on any atom is -0.357 e. The van der Waals surface area contributed by atoms with E-state index >= 15 is 0 Å². The van der Waals surface area contributed by atoms with Crippen LogP contribution in [0.25, 0.3) is 0 Å². The predicted molar refractivity (Wildman–Crippen MR) is 124 cm³/mol. The molecule has 9 heteroatoms. The second kappa shape index (κ2) is 10.2. The number of benzene rings is 2. The molecule has 1 atom stereocenters. The molecule has 0 fully saturated rings. The van der Waals surface area contributed by atoms with Gasteiger partial charge in [-0.1, -0.05) is 35.9 Å². The van der Waals surface area contributed by atoms with E-state index in [9.17, 15) is 18.0 Å². The number of hydrogen-bond donors (Lipinski definition) is 1. The molecular formula is C22H28ClN3O4S. The van der Waals surface area contributed by atoms with Gasteiger partial charge in [-0.3, -0.25) is 13.9 Å². The third-order valence-corrected chi connectivity index (χ3v) is 6.40. The minimum absolute atomic E-state index is 0.0670. The van der Waals surface area contributed by atoms with Gasteiger partial charge in [0.1, 0.15) is 12.6 Å². The number of anilines is 1. The number of hydrogen-bond acceptors (Lipinski definition) is 4. The van der Waals surface area contributed by atoms with Crippen LogP contribution in [0.2, 0.25) is 5.02 Å². The highest BCUT2D eigenvalue weighted by atomic mass is 35.5. The quantitative estimate of drug-likeness (QED) is 0.649. The third-order valence-electron chi connectivity index (χ3n) is 4.89. The second-order valence-electron chi connectivity index (χ2n) is 7.52. The Hall–Kier alpha value is -2.58. The lowest BCUT2D eigenvalue weighted by Crippen LogP contribution is -2.50. The number of halogens is 1. The lowest BCUT2D eigenvalue weighted by atomic mass is 10.1. The number of sulfonamides is 1. The van der Waals surface area contributed by atoms with E-state index in [-0.39, 0.29) is 12.5 Å². The fourth-order valence-electron chi connectivity index (χ4n) is 3.31. The Morgan fingerprint density at radius 2 is 1.68 bits per heavy atom. The summed E-state index contributed by atoms with van der Waals surface area (Å²) in [4.78, 5) is 27.0. The molecule has 0 saturated carbocycles. The van der Waals surface area contributed by atoms with Gasteiger partial charge in [0.25, 0.3) is 0 Å². The van der Waals surface area contributed by atoms with Crippen LogP contribution < -0.4 is 9.62 Å². The van der Waals surface area contributed by atoms with Crippen molar-refractivity contribution in [2.45, 2.75) is 33.4 Å². The number of amides is 2. The van der Waals surface area contributed by atoms with Crippen molar-refractivity contribution in [1.82, 2.24) is 10.2 Å². The van der Waals surface area contributed by atoms with Crippen LogP contribution >= 0.6 is 11.6 Å². The molecule has 0 saturated heterocycles. The maximum Gasteiger partial charge on any atom is 0.244 e. The van der Waals surface area contributed by atoms with E-state index in [1.165, 1.54) is 11.9 Å². The van der Waals surface area contributed by atoms with Crippen LogP contribution in [0.3, 0.4) is 0 Å². The van der Waals surface area contributed by atoms with E-state index in [4.69, 9.17) is 11.6 Å². The molecule has 0 aliphatic rings. The topological polar surface area (TPSA) is 86.8 Å². The van der Waals surface area contributed by atoms with Crippen molar-refractivity contribution in [1.29, 1.82) is 0 Å². The Balaban J connectivity index is 2.43. The number of nitrogens with one attached hydrogen (secondary N) is 1. The van der Waals surface area contributed by atoms with Crippen molar-refractivity contribution in [2.75, 3.05) is 24.2 Å². The largest absolute Gasteiger partial charge is 0.357 e. The van der Waals surface area contributed by atoms with Gasteiger partial charge in [0.05, 0.1) is 11.9 Å². The van der Waals surface area contributed by atoms with Crippen LogP contribution in [0.15, 0.2) is 42.5 Å². The smallest absolute Gasteiger partial charge is 0.244 e. The summed E-state index contributed by atoms with van der Waals surface area (Å²) >= 11 is 6.26. The number of carbonyl (C=O) groups is 2. The molecule has 0 aliphatic carbocycles. The molecule has 2 amide bonds. The summed E-state index contributed by atoms with van der Waals surface area (Å²) in [6, 6.07) is 11.5. The first kappa shape index (κ1) is 24.7. The highest BCUT2D eigenvalue weighted by Gasteiger charge is 2.30.